The van der Waals surface area contributed by atoms with Gasteiger partial charge in [-0.3, -0.25) is 4.98 Å². The number of aromatic nitrogens is 1. The average molecular weight is 235 g/mol. The van der Waals surface area contributed by atoms with Crippen molar-refractivity contribution in [1.82, 2.24) is 4.98 Å². The summed E-state index contributed by atoms with van der Waals surface area (Å²) in [6.45, 7) is 6.90. The highest BCUT2D eigenvalue weighted by atomic mass is 16.5. The van der Waals surface area contributed by atoms with Crippen LogP contribution in [-0.4, -0.2) is 22.8 Å². The van der Waals surface area contributed by atoms with Gasteiger partial charge in [0.05, 0.1) is 18.3 Å². The minimum absolute atomic E-state index is 0.133. The van der Waals surface area contributed by atoms with Crippen molar-refractivity contribution >= 4 is 0 Å². The highest BCUT2D eigenvalue weighted by Gasteiger charge is 2.38. The molecule has 94 valence electrons. The molecular weight excluding hydrogens is 214 g/mol. The third kappa shape index (κ3) is 2.50. The van der Waals surface area contributed by atoms with Crippen LogP contribution in [0.5, 0.6) is 0 Å². The highest BCUT2D eigenvalue weighted by Crippen LogP contribution is 2.37. The van der Waals surface area contributed by atoms with E-state index in [0.717, 1.165) is 11.1 Å². The molecule has 1 aliphatic rings. The van der Waals surface area contributed by atoms with Gasteiger partial charge in [0.1, 0.15) is 0 Å². The normalized spacial score (nSPS) is 29.6. The molecule has 1 aromatic heterocycles. The summed E-state index contributed by atoms with van der Waals surface area (Å²) in [6, 6.07) is 1.95. The quantitative estimate of drug-likeness (QED) is 0.856. The van der Waals surface area contributed by atoms with Gasteiger partial charge in [0, 0.05) is 30.8 Å². The molecule has 0 aliphatic carbocycles. The van der Waals surface area contributed by atoms with Gasteiger partial charge in [-0.2, -0.15) is 0 Å². The lowest BCUT2D eigenvalue weighted by Crippen LogP contribution is -2.41. The second-order valence-electron chi connectivity index (χ2n) is 5.33. The largest absolute Gasteiger partial charge is 0.385 e. The maximum atomic E-state index is 10.8. The molecule has 2 rings (SSSR count). The van der Waals surface area contributed by atoms with Crippen LogP contribution in [0, 0.1) is 12.8 Å². The van der Waals surface area contributed by atoms with E-state index in [1.54, 1.807) is 12.4 Å². The van der Waals surface area contributed by atoms with E-state index < -0.39 is 5.60 Å². The first-order valence-electron chi connectivity index (χ1n) is 6.28. The van der Waals surface area contributed by atoms with Crippen LogP contribution in [-0.2, 0) is 10.3 Å². The average Bonchev–Trinajstić information content (AvgIpc) is 2.29. The molecule has 1 aliphatic heterocycles. The van der Waals surface area contributed by atoms with E-state index in [1.165, 1.54) is 0 Å². The molecule has 0 radical (unpaired) electrons. The number of pyridine rings is 1. The van der Waals surface area contributed by atoms with Crippen LogP contribution in [0.25, 0.3) is 0 Å². The number of ether oxygens (including phenoxy) is 1. The van der Waals surface area contributed by atoms with Crippen molar-refractivity contribution in [1.29, 1.82) is 0 Å². The van der Waals surface area contributed by atoms with Crippen LogP contribution < -0.4 is 0 Å². The topological polar surface area (TPSA) is 42.4 Å². The van der Waals surface area contributed by atoms with Crippen LogP contribution in [0.15, 0.2) is 18.5 Å². The van der Waals surface area contributed by atoms with Gasteiger partial charge in [0.2, 0.25) is 0 Å². The van der Waals surface area contributed by atoms with Gasteiger partial charge in [-0.25, -0.2) is 0 Å². The lowest BCUT2D eigenvalue weighted by molar-refractivity contribution is -0.121. The van der Waals surface area contributed by atoms with E-state index in [2.05, 4.69) is 18.8 Å². The van der Waals surface area contributed by atoms with E-state index in [4.69, 9.17) is 4.74 Å². The zero-order valence-corrected chi connectivity index (χ0v) is 10.8. The summed E-state index contributed by atoms with van der Waals surface area (Å²) in [5, 5.41) is 10.8. The maximum absolute atomic E-state index is 10.8. The highest BCUT2D eigenvalue weighted by molar-refractivity contribution is 5.28. The van der Waals surface area contributed by atoms with Crippen LogP contribution in [0.4, 0.5) is 0 Å². The predicted molar refractivity (Wildman–Crippen MR) is 66.7 cm³/mol. The van der Waals surface area contributed by atoms with E-state index in [0.29, 0.717) is 25.4 Å². The minimum Gasteiger partial charge on any atom is -0.385 e. The summed E-state index contributed by atoms with van der Waals surface area (Å²) in [7, 11) is 0. The fourth-order valence-electron chi connectivity index (χ4n) is 2.50. The van der Waals surface area contributed by atoms with Gasteiger partial charge in [0.15, 0.2) is 0 Å². The first-order valence-corrected chi connectivity index (χ1v) is 6.28. The van der Waals surface area contributed by atoms with Gasteiger partial charge < -0.3 is 9.84 Å². The Morgan fingerprint density at radius 3 is 2.94 bits per heavy atom. The summed E-state index contributed by atoms with van der Waals surface area (Å²) >= 11 is 0. The van der Waals surface area contributed by atoms with E-state index in [-0.39, 0.29) is 6.10 Å². The summed E-state index contributed by atoms with van der Waals surface area (Å²) in [4.78, 5) is 4.13. The third-order valence-electron chi connectivity index (χ3n) is 3.67. The monoisotopic (exact) mass is 235 g/mol. The molecule has 0 aromatic carbocycles. The van der Waals surface area contributed by atoms with Gasteiger partial charge in [-0.05, 0) is 24.5 Å². The molecule has 3 heteroatoms. The second kappa shape index (κ2) is 4.75. The van der Waals surface area contributed by atoms with Gasteiger partial charge in [-0.15, -0.1) is 0 Å². The molecule has 1 saturated heterocycles. The van der Waals surface area contributed by atoms with Gasteiger partial charge in [-0.1, -0.05) is 13.8 Å². The van der Waals surface area contributed by atoms with Crippen LogP contribution >= 0.6 is 0 Å². The smallest absolute Gasteiger partial charge is 0.0960 e. The molecule has 0 amide bonds. The Morgan fingerprint density at radius 2 is 2.29 bits per heavy atom. The summed E-state index contributed by atoms with van der Waals surface area (Å²) in [5.41, 5.74) is 1.28. The van der Waals surface area contributed by atoms with E-state index >= 15 is 0 Å². The lowest BCUT2D eigenvalue weighted by atomic mass is 9.80. The molecule has 2 unspecified atom stereocenters. The Kier molecular flexibility index (Phi) is 3.50. The molecule has 0 spiro atoms. The second-order valence-corrected chi connectivity index (χ2v) is 5.33. The molecule has 1 N–H and O–H groups in total. The molecule has 0 saturated carbocycles. The molecule has 1 fully saturated rings. The summed E-state index contributed by atoms with van der Waals surface area (Å²) < 4.78 is 5.72. The number of aliphatic hydroxyl groups is 1. The zero-order chi connectivity index (χ0) is 12.5. The summed E-state index contributed by atoms with van der Waals surface area (Å²) in [6.07, 6.45) is 5.01. The Hall–Kier alpha value is -0.930. The Bertz CT molecular complexity index is 392. The van der Waals surface area contributed by atoms with Crippen molar-refractivity contribution in [2.45, 2.75) is 45.3 Å². The lowest BCUT2D eigenvalue weighted by Gasteiger charge is -2.39. The number of hydrogen-bond donors (Lipinski definition) is 1. The first kappa shape index (κ1) is 12.5. The van der Waals surface area contributed by atoms with Crippen LogP contribution in [0.2, 0.25) is 0 Å². The Balaban J connectivity index is 2.27. The minimum atomic E-state index is -0.772. The molecule has 2 heterocycles. The number of rotatable bonds is 2. The fraction of sp³-hybridized carbons (Fsp3) is 0.643. The van der Waals surface area contributed by atoms with Crippen molar-refractivity contribution < 1.29 is 9.84 Å². The van der Waals surface area contributed by atoms with Crippen molar-refractivity contribution in [3.63, 3.8) is 0 Å². The molecule has 0 bridgehead atoms. The van der Waals surface area contributed by atoms with Crippen molar-refractivity contribution in [3.8, 4) is 0 Å². The zero-order valence-electron chi connectivity index (χ0n) is 10.8. The van der Waals surface area contributed by atoms with E-state index in [1.807, 2.05) is 13.0 Å². The van der Waals surface area contributed by atoms with Crippen LogP contribution in [0.3, 0.4) is 0 Å². The van der Waals surface area contributed by atoms with Gasteiger partial charge in [0.25, 0.3) is 0 Å². The van der Waals surface area contributed by atoms with Crippen LogP contribution in [0.1, 0.15) is 37.8 Å². The van der Waals surface area contributed by atoms with Gasteiger partial charge >= 0.3 is 0 Å². The Labute approximate surface area is 103 Å². The molecular formula is C14H21NO2. The summed E-state index contributed by atoms with van der Waals surface area (Å²) in [5.74, 6) is 0.429. The number of nitrogens with zero attached hydrogens (tertiary/aromatic N) is 1. The molecule has 17 heavy (non-hydrogen) atoms. The Morgan fingerprint density at radius 1 is 1.53 bits per heavy atom. The van der Waals surface area contributed by atoms with Crippen molar-refractivity contribution in [2.75, 3.05) is 6.61 Å². The fourth-order valence-corrected chi connectivity index (χ4v) is 2.50. The van der Waals surface area contributed by atoms with Crippen molar-refractivity contribution in [2.24, 2.45) is 5.92 Å². The number of hydrogen-bond acceptors (Lipinski definition) is 3. The molecule has 1 aromatic rings. The standard InChI is InChI=1S/C14H21NO2/c1-10(2)13-8-14(16,5-7-17-13)12-9-15-6-4-11(12)3/h4,6,9-10,13,16H,5,7-8H2,1-3H3. The van der Waals surface area contributed by atoms with Crippen molar-refractivity contribution in [3.05, 3.63) is 29.6 Å². The SMILES string of the molecule is Cc1ccncc1C1(O)CCOC(C(C)C)C1. The first-order chi connectivity index (χ1) is 8.03. The molecule has 2 atom stereocenters. The molecule has 3 nitrogen and oxygen atoms in total. The third-order valence-corrected chi connectivity index (χ3v) is 3.67. The number of aryl methyl sites for hydroxylation is 1. The van der Waals surface area contributed by atoms with E-state index in [9.17, 15) is 5.11 Å². The predicted octanol–water partition coefficient (Wildman–Crippen LogP) is 2.41. The maximum Gasteiger partial charge on any atom is 0.0960 e.